The lowest BCUT2D eigenvalue weighted by Crippen LogP contribution is -2.36. The Labute approximate surface area is 82.0 Å². The first-order chi connectivity index (χ1) is 6.11. The predicted molar refractivity (Wildman–Crippen MR) is 57.4 cm³/mol. The highest BCUT2D eigenvalue weighted by Gasteiger charge is 2.15. The van der Waals surface area contributed by atoms with E-state index in [-0.39, 0.29) is 0 Å². The predicted octanol–water partition coefficient (Wildman–Crippen LogP) is 2.19. The van der Waals surface area contributed by atoms with Crippen LogP contribution in [-0.2, 0) is 0 Å². The molecule has 0 amide bonds. The Balaban J connectivity index is 2.31. The van der Waals surface area contributed by atoms with Gasteiger partial charge in [-0.1, -0.05) is 20.4 Å². The van der Waals surface area contributed by atoms with Gasteiger partial charge in [-0.25, -0.2) is 0 Å². The minimum atomic E-state index is 0.521. The largest absolute Gasteiger partial charge is 0.370 e. The van der Waals surface area contributed by atoms with Gasteiger partial charge in [-0.05, 0) is 25.7 Å². The summed E-state index contributed by atoms with van der Waals surface area (Å²) in [6.45, 7) is 13.1. The molecule has 1 aliphatic rings. The van der Waals surface area contributed by atoms with Crippen molar-refractivity contribution in [3.05, 3.63) is 12.4 Å². The van der Waals surface area contributed by atoms with E-state index in [1.807, 2.05) is 0 Å². The fourth-order valence-corrected chi connectivity index (χ4v) is 1.51. The summed E-state index contributed by atoms with van der Waals surface area (Å²) < 4.78 is 0. The van der Waals surface area contributed by atoms with Gasteiger partial charge < -0.3 is 10.2 Å². The maximum absolute atomic E-state index is 4.07. The van der Waals surface area contributed by atoms with Crippen LogP contribution in [0.1, 0.15) is 33.6 Å². The Hall–Kier alpha value is -0.660. The topological polar surface area (TPSA) is 15.3 Å². The maximum Gasteiger partial charge on any atom is 0.0940 e. The Kier molecular flexibility index (Phi) is 3.64. The first-order valence-corrected chi connectivity index (χ1v) is 5.31. The van der Waals surface area contributed by atoms with Crippen LogP contribution in [0, 0.1) is 5.92 Å². The van der Waals surface area contributed by atoms with E-state index < -0.39 is 0 Å². The molecule has 1 heterocycles. The smallest absolute Gasteiger partial charge is 0.0940 e. The van der Waals surface area contributed by atoms with E-state index in [9.17, 15) is 0 Å². The van der Waals surface area contributed by atoms with Gasteiger partial charge in [0.2, 0.25) is 0 Å². The first-order valence-electron chi connectivity index (χ1n) is 5.31. The molecule has 2 nitrogen and oxygen atoms in total. The normalized spacial score (nSPS) is 19.2. The molecule has 0 aromatic heterocycles. The third-order valence-electron chi connectivity index (χ3n) is 2.88. The van der Waals surface area contributed by atoms with Crippen LogP contribution in [-0.4, -0.2) is 24.0 Å². The molecule has 2 heteroatoms. The molecule has 0 unspecified atom stereocenters. The molecule has 0 aromatic carbocycles. The summed E-state index contributed by atoms with van der Waals surface area (Å²) in [4.78, 5) is 2.35. The number of hydrogen-bond donors (Lipinski definition) is 1. The van der Waals surface area contributed by atoms with Crippen molar-refractivity contribution in [2.45, 2.75) is 39.7 Å². The average molecular weight is 182 g/mol. The van der Waals surface area contributed by atoms with E-state index in [2.05, 4.69) is 37.6 Å². The maximum atomic E-state index is 4.07. The van der Waals surface area contributed by atoms with Crippen molar-refractivity contribution in [3.8, 4) is 0 Å². The molecule has 1 fully saturated rings. The minimum absolute atomic E-state index is 0.521. The Morgan fingerprint density at radius 3 is 2.23 bits per heavy atom. The molecule has 1 rings (SSSR count). The van der Waals surface area contributed by atoms with Crippen molar-refractivity contribution in [3.63, 3.8) is 0 Å². The summed E-state index contributed by atoms with van der Waals surface area (Å²) in [6, 6.07) is 0.521. The molecule has 0 aliphatic carbocycles. The second-order valence-corrected chi connectivity index (χ2v) is 4.32. The third kappa shape index (κ3) is 2.94. The molecule has 13 heavy (non-hydrogen) atoms. The summed E-state index contributed by atoms with van der Waals surface area (Å²) >= 11 is 0. The molecule has 1 saturated heterocycles. The highest BCUT2D eigenvalue weighted by atomic mass is 15.3. The molecule has 1 N–H and O–H groups in total. The van der Waals surface area contributed by atoms with Crippen LogP contribution in [0.4, 0.5) is 0 Å². The third-order valence-corrected chi connectivity index (χ3v) is 2.88. The highest BCUT2D eigenvalue weighted by molar-refractivity contribution is 4.95. The van der Waals surface area contributed by atoms with E-state index in [0.29, 0.717) is 12.0 Å². The van der Waals surface area contributed by atoms with E-state index >= 15 is 0 Å². The number of nitrogens with zero attached hydrogens (tertiary/aromatic N) is 1. The van der Waals surface area contributed by atoms with Gasteiger partial charge in [0, 0.05) is 19.1 Å². The van der Waals surface area contributed by atoms with Gasteiger partial charge in [0.15, 0.2) is 0 Å². The lowest BCUT2D eigenvalue weighted by atomic mass is 10.1. The van der Waals surface area contributed by atoms with Crippen molar-refractivity contribution in [2.24, 2.45) is 5.92 Å². The standard InChI is InChI=1S/C11H22N2/c1-9(2)10(3)12-11(4)13-7-5-6-8-13/h9-10,12H,4-8H2,1-3H3/t10-/m1/s1. The van der Waals surface area contributed by atoms with Gasteiger partial charge in [0.05, 0.1) is 5.82 Å². The van der Waals surface area contributed by atoms with Gasteiger partial charge in [-0.2, -0.15) is 0 Å². The number of likely N-dealkylation sites (tertiary alicyclic amines) is 1. The van der Waals surface area contributed by atoms with Crippen molar-refractivity contribution < 1.29 is 0 Å². The zero-order valence-corrected chi connectivity index (χ0v) is 9.14. The van der Waals surface area contributed by atoms with Crippen LogP contribution in [0.5, 0.6) is 0 Å². The van der Waals surface area contributed by atoms with Crippen LogP contribution >= 0.6 is 0 Å². The minimum Gasteiger partial charge on any atom is -0.370 e. The van der Waals surface area contributed by atoms with Gasteiger partial charge >= 0.3 is 0 Å². The van der Waals surface area contributed by atoms with Gasteiger partial charge in [-0.15, -0.1) is 0 Å². The Morgan fingerprint density at radius 2 is 1.77 bits per heavy atom. The summed E-state index contributed by atoms with van der Waals surface area (Å²) in [5.74, 6) is 1.78. The van der Waals surface area contributed by atoms with Gasteiger partial charge in [0.25, 0.3) is 0 Å². The fraction of sp³-hybridized carbons (Fsp3) is 0.818. The van der Waals surface area contributed by atoms with Gasteiger partial charge in [-0.3, -0.25) is 0 Å². The van der Waals surface area contributed by atoms with Crippen molar-refractivity contribution in [1.82, 2.24) is 10.2 Å². The van der Waals surface area contributed by atoms with E-state index in [4.69, 9.17) is 0 Å². The van der Waals surface area contributed by atoms with Crippen LogP contribution in [0.25, 0.3) is 0 Å². The van der Waals surface area contributed by atoms with Crippen LogP contribution < -0.4 is 5.32 Å². The van der Waals surface area contributed by atoms with E-state index in [0.717, 1.165) is 5.82 Å². The lowest BCUT2D eigenvalue weighted by molar-refractivity contribution is 0.348. The zero-order valence-electron chi connectivity index (χ0n) is 9.14. The molecule has 0 radical (unpaired) electrons. The molecule has 0 bridgehead atoms. The second kappa shape index (κ2) is 4.54. The summed E-state index contributed by atoms with van der Waals surface area (Å²) in [6.07, 6.45) is 2.63. The monoisotopic (exact) mass is 182 g/mol. The molecule has 0 aromatic rings. The van der Waals surface area contributed by atoms with Crippen molar-refractivity contribution in [2.75, 3.05) is 13.1 Å². The number of hydrogen-bond acceptors (Lipinski definition) is 2. The molecule has 1 atom stereocenters. The molecular formula is C11H22N2. The van der Waals surface area contributed by atoms with E-state index in [1.165, 1.54) is 25.9 Å². The van der Waals surface area contributed by atoms with Crippen LogP contribution in [0.3, 0.4) is 0 Å². The van der Waals surface area contributed by atoms with Crippen LogP contribution in [0.15, 0.2) is 12.4 Å². The molecule has 0 saturated carbocycles. The second-order valence-electron chi connectivity index (χ2n) is 4.32. The summed E-state index contributed by atoms with van der Waals surface area (Å²) in [5.41, 5.74) is 0. The molecular weight excluding hydrogens is 160 g/mol. The number of rotatable bonds is 4. The fourth-order valence-electron chi connectivity index (χ4n) is 1.51. The summed E-state index contributed by atoms with van der Waals surface area (Å²) in [5, 5.41) is 3.45. The highest BCUT2D eigenvalue weighted by Crippen LogP contribution is 2.12. The Bertz CT molecular complexity index is 169. The molecule has 1 aliphatic heterocycles. The average Bonchev–Trinajstić information content (AvgIpc) is 2.55. The van der Waals surface area contributed by atoms with Crippen LogP contribution in [0.2, 0.25) is 0 Å². The summed E-state index contributed by atoms with van der Waals surface area (Å²) in [7, 11) is 0. The van der Waals surface area contributed by atoms with Crippen molar-refractivity contribution in [1.29, 1.82) is 0 Å². The Morgan fingerprint density at radius 1 is 1.23 bits per heavy atom. The van der Waals surface area contributed by atoms with Gasteiger partial charge in [0.1, 0.15) is 0 Å². The molecule has 0 spiro atoms. The quantitative estimate of drug-likeness (QED) is 0.717. The first kappa shape index (κ1) is 10.4. The molecule has 76 valence electrons. The SMILES string of the molecule is C=C(N[C@H](C)C(C)C)N1CCCC1. The van der Waals surface area contributed by atoms with Crippen molar-refractivity contribution >= 4 is 0 Å². The lowest BCUT2D eigenvalue weighted by Gasteiger charge is -2.27. The zero-order chi connectivity index (χ0) is 9.84. The number of nitrogens with one attached hydrogen (secondary N) is 1. The van der Waals surface area contributed by atoms with E-state index in [1.54, 1.807) is 0 Å².